The van der Waals surface area contributed by atoms with Gasteiger partial charge in [0.1, 0.15) is 5.60 Å². The molecule has 0 unspecified atom stereocenters. The van der Waals surface area contributed by atoms with Crippen LogP contribution in [0.15, 0.2) is 48.5 Å². The maximum atomic E-state index is 12.1. The Bertz CT molecular complexity index is 765. The first-order valence-corrected chi connectivity index (χ1v) is 8.91. The molecule has 1 saturated heterocycles. The third-order valence-corrected chi connectivity index (χ3v) is 5.11. The Morgan fingerprint density at radius 2 is 1.96 bits per heavy atom. The Labute approximate surface area is 153 Å². The fourth-order valence-electron chi connectivity index (χ4n) is 3.41. The summed E-state index contributed by atoms with van der Waals surface area (Å²) in [4.78, 5) is 14.3. The summed E-state index contributed by atoms with van der Waals surface area (Å²) in [5.41, 5.74) is 1.89. The third kappa shape index (κ3) is 4.21. The van der Waals surface area contributed by atoms with Crippen LogP contribution in [-0.4, -0.2) is 35.5 Å². The van der Waals surface area contributed by atoms with E-state index in [9.17, 15) is 9.90 Å². The van der Waals surface area contributed by atoms with Crippen molar-refractivity contribution in [1.29, 1.82) is 0 Å². The van der Waals surface area contributed by atoms with Gasteiger partial charge in [0.15, 0.2) is 0 Å². The second-order valence-corrected chi connectivity index (χ2v) is 7.06. The number of hydrogen-bond donors (Lipinski definition) is 2. The van der Waals surface area contributed by atoms with Gasteiger partial charge in [-0.2, -0.15) is 0 Å². The van der Waals surface area contributed by atoms with Gasteiger partial charge >= 0.3 is 0 Å². The van der Waals surface area contributed by atoms with Crippen molar-refractivity contribution < 1.29 is 9.90 Å². The number of halogens is 1. The lowest BCUT2D eigenvalue weighted by atomic mass is 9.89. The van der Waals surface area contributed by atoms with E-state index in [1.54, 1.807) is 12.1 Å². The number of nitrogens with zero attached hydrogens (tertiary/aromatic N) is 1. The van der Waals surface area contributed by atoms with Gasteiger partial charge in [0, 0.05) is 26.1 Å². The molecule has 1 aliphatic heterocycles. The van der Waals surface area contributed by atoms with Gasteiger partial charge in [-0.15, -0.1) is 0 Å². The minimum Gasteiger partial charge on any atom is -0.384 e. The minimum absolute atomic E-state index is 0.0700. The fourth-order valence-corrected chi connectivity index (χ4v) is 3.59. The van der Waals surface area contributed by atoms with Gasteiger partial charge in [-0.05, 0) is 36.6 Å². The van der Waals surface area contributed by atoms with E-state index in [2.05, 4.69) is 10.2 Å². The van der Waals surface area contributed by atoms with Crippen molar-refractivity contribution in [2.45, 2.75) is 25.4 Å². The Kier molecular flexibility index (Phi) is 5.42. The molecule has 2 N–H and O–H groups in total. The third-order valence-electron chi connectivity index (χ3n) is 4.78. The molecular formula is C20H23ClN2O2. The first-order valence-electron chi connectivity index (χ1n) is 8.53. The molecule has 4 nitrogen and oxygen atoms in total. The minimum atomic E-state index is -0.829. The number of amides is 1. The van der Waals surface area contributed by atoms with Crippen LogP contribution in [0.25, 0.3) is 0 Å². The monoisotopic (exact) mass is 358 g/mol. The number of rotatable bonds is 5. The summed E-state index contributed by atoms with van der Waals surface area (Å²) in [5.74, 6) is -0.0700. The molecule has 5 heteroatoms. The number of para-hydroxylation sites is 1. The first kappa shape index (κ1) is 17.9. The van der Waals surface area contributed by atoms with E-state index in [1.165, 1.54) is 0 Å². The number of likely N-dealkylation sites (tertiary alicyclic amines) is 1. The van der Waals surface area contributed by atoms with Crippen molar-refractivity contribution in [3.05, 3.63) is 64.7 Å². The van der Waals surface area contributed by atoms with Crippen molar-refractivity contribution in [2.75, 3.05) is 25.0 Å². The second kappa shape index (κ2) is 7.56. The van der Waals surface area contributed by atoms with Crippen molar-refractivity contribution in [3.8, 4) is 0 Å². The van der Waals surface area contributed by atoms with Gasteiger partial charge in [0.05, 0.1) is 10.7 Å². The molecule has 25 heavy (non-hydrogen) atoms. The Morgan fingerprint density at radius 3 is 2.72 bits per heavy atom. The molecular weight excluding hydrogens is 336 g/mol. The lowest BCUT2D eigenvalue weighted by Crippen LogP contribution is -2.33. The van der Waals surface area contributed by atoms with Crippen LogP contribution in [0.1, 0.15) is 24.0 Å². The topological polar surface area (TPSA) is 52.6 Å². The van der Waals surface area contributed by atoms with Crippen molar-refractivity contribution in [3.63, 3.8) is 0 Å². The van der Waals surface area contributed by atoms with E-state index in [1.807, 2.05) is 43.3 Å². The smallest absolute Gasteiger partial charge is 0.225 e. The van der Waals surface area contributed by atoms with Crippen LogP contribution in [0, 0.1) is 6.92 Å². The SMILES string of the molecule is Cc1ccccc1[C@@]1(O)CCN(CCC(=O)Nc2ccccc2Cl)C1. The molecule has 1 amide bonds. The second-order valence-electron chi connectivity index (χ2n) is 6.65. The number of nitrogens with one attached hydrogen (secondary N) is 1. The highest BCUT2D eigenvalue weighted by atomic mass is 35.5. The molecule has 2 aromatic carbocycles. The Morgan fingerprint density at radius 1 is 1.24 bits per heavy atom. The quantitative estimate of drug-likeness (QED) is 0.859. The predicted molar refractivity (Wildman–Crippen MR) is 101 cm³/mol. The van der Waals surface area contributed by atoms with E-state index in [4.69, 9.17) is 11.6 Å². The maximum Gasteiger partial charge on any atom is 0.225 e. The van der Waals surface area contributed by atoms with Crippen LogP contribution < -0.4 is 5.32 Å². The van der Waals surface area contributed by atoms with E-state index in [0.29, 0.717) is 36.6 Å². The average molecular weight is 359 g/mol. The fraction of sp³-hybridized carbons (Fsp3) is 0.350. The zero-order valence-corrected chi connectivity index (χ0v) is 15.1. The highest BCUT2D eigenvalue weighted by Gasteiger charge is 2.38. The van der Waals surface area contributed by atoms with E-state index in [0.717, 1.165) is 17.7 Å². The molecule has 1 aliphatic rings. The summed E-state index contributed by atoms with van der Waals surface area (Å²) < 4.78 is 0. The first-order chi connectivity index (χ1) is 12.0. The summed E-state index contributed by atoms with van der Waals surface area (Å²) in [6.45, 7) is 3.97. The van der Waals surface area contributed by atoms with Crippen LogP contribution in [0.2, 0.25) is 5.02 Å². The van der Waals surface area contributed by atoms with Crippen LogP contribution in [-0.2, 0) is 10.4 Å². The van der Waals surface area contributed by atoms with Gasteiger partial charge in [0.25, 0.3) is 0 Å². The van der Waals surface area contributed by atoms with Gasteiger partial charge in [-0.1, -0.05) is 48.0 Å². The van der Waals surface area contributed by atoms with Crippen molar-refractivity contribution in [2.24, 2.45) is 0 Å². The van der Waals surface area contributed by atoms with E-state index in [-0.39, 0.29) is 5.91 Å². The molecule has 1 fully saturated rings. The van der Waals surface area contributed by atoms with Gasteiger partial charge < -0.3 is 10.4 Å². The highest BCUT2D eigenvalue weighted by Crippen LogP contribution is 2.33. The summed E-state index contributed by atoms with van der Waals surface area (Å²) >= 11 is 6.06. The number of β-amino-alcohol motifs (C(OH)–C–C–N with tert-alkyl or cyclic N) is 1. The molecule has 1 heterocycles. The molecule has 0 bridgehead atoms. The standard InChI is InChI=1S/C20H23ClN2O2/c1-15-6-2-3-7-16(15)20(25)11-13-23(14-20)12-10-19(24)22-18-9-5-4-8-17(18)21/h2-9,25H,10-14H2,1H3,(H,22,24)/t20-/m1/s1. The molecule has 132 valence electrons. The van der Waals surface area contributed by atoms with E-state index >= 15 is 0 Å². The highest BCUT2D eigenvalue weighted by molar-refractivity contribution is 6.33. The number of benzene rings is 2. The Hall–Kier alpha value is -1.88. The molecule has 0 saturated carbocycles. The lowest BCUT2D eigenvalue weighted by Gasteiger charge is -2.25. The normalized spacial score (nSPS) is 20.6. The molecule has 0 spiro atoms. The van der Waals surface area contributed by atoms with Crippen molar-refractivity contribution in [1.82, 2.24) is 4.90 Å². The summed E-state index contributed by atoms with van der Waals surface area (Å²) in [6, 6.07) is 15.1. The summed E-state index contributed by atoms with van der Waals surface area (Å²) in [7, 11) is 0. The number of carbonyl (C=O) groups is 1. The number of anilines is 1. The zero-order valence-electron chi connectivity index (χ0n) is 14.3. The zero-order chi connectivity index (χ0) is 17.9. The Balaban J connectivity index is 1.54. The van der Waals surface area contributed by atoms with Crippen LogP contribution in [0.3, 0.4) is 0 Å². The van der Waals surface area contributed by atoms with Crippen LogP contribution in [0.5, 0.6) is 0 Å². The van der Waals surface area contributed by atoms with Crippen LogP contribution in [0.4, 0.5) is 5.69 Å². The van der Waals surface area contributed by atoms with Crippen LogP contribution >= 0.6 is 11.6 Å². The number of hydrogen-bond acceptors (Lipinski definition) is 3. The van der Waals surface area contributed by atoms with Gasteiger partial charge in [0.2, 0.25) is 5.91 Å². The number of aliphatic hydroxyl groups is 1. The summed E-state index contributed by atoms with van der Waals surface area (Å²) in [6.07, 6.45) is 1.05. The van der Waals surface area contributed by atoms with Gasteiger partial charge in [-0.3, -0.25) is 9.69 Å². The molecule has 3 rings (SSSR count). The maximum absolute atomic E-state index is 12.1. The van der Waals surface area contributed by atoms with Crippen molar-refractivity contribution >= 4 is 23.2 Å². The molecule has 2 aromatic rings. The summed E-state index contributed by atoms with van der Waals surface area (Å²) in [5, 5.41) is 14.4. The lowest BCUT2D eigenvalue weighted by molar-refractivity contribution is -0.116. The molecule has 0 aromatic heterocycles. The molecule has 1 atom stereocenters. The van der Waals surface area contributed by atoms with Gasteiger partial charge in [-0.25, -0.2) is 0 Å². The van der Waals surface area contributed by atoms with E-state index < -0.39 is 5.60 Å². The molecule has 0 aliphatic carbocycles. The number of aryl methyl sites for hydroxylation is 1. The average Bonchev–Trinajstić information content (AvgIpc) is 2.98. The number of carbonyl (C=O) groups excluding carboxylic acids is 1. The molecule has 0 radical (unpaired) electrons. The largest absolute Gasteiger partial charge is 0.384 e. The predicted octanol–water partition coefficient (Wildman–Crippen LogP) is 3.57.